The van der Waals surface area contributed by atoms with Gasteiger partial charge in [0, 0.05) is 61.9 Å². The number of benzene rings is 2. The summed E-state index contributed by atoms with van der Waals surface area (Å²) in [5, 5.41) is 5.67. The first-order valence-electron chi connectivity index (χ1n) is 14.9. The van der Waals surface area contributed by atoms with Crippen molar-refractivity contribution < 1.29 is 28.5 Å². The summed E-state index contributed by atoms with van der Waals surface area (Å²) in [5.74, 6) is 1.90. The Labute approximate surface area is 256 Å². The molecule has 2 N–H and O–H groups in total. The van der Waals surface area contributed by atoms with E-state index in [2.05, 4.69) is 25.4 Å². The maximum absolute atomic E-state index is 12.7. The van der Waals surface area contributed by atoms with E-state index in [1.54, 1.807) is 35.4 Å². The predicted molar refractivity (Wildman–Crippen MR) is 166 cm³/mol. The zero-order chi connectivity index (χ0) is 30.1. The van der Waals surface area contributed by atoms with Crippen molar-refractivity contribution in [3.63, 3.8) is 0 Å². The molecular formula is C31H37N7O6. The maximum atomic E-state index is 12.7. The van der Waals surface area contributed by atoms with E-state index in [4.69, 9.17) is 23.9 Å². The number of hydrogen-bond acceptors (Lipinski definition) is 10. The normalized spacial score (nSPS) is 17.8. The number of morpholine rings is 3. The third-order valence-electron chi connectivity index (χ3n) is 7.64. The smallest absolute Gasteiger partial charge is 0.323 e. The van der Waals surface area contributed by atoms with Crippen LogP contribution in [0.4, 0.5) is 27.7 Å². The molecule has 3 fully saturated rings. The van der Waals surface area contributed by atoms with Crippen LogP contribution in [0.1, 0.15) is 0 Å². The Bertz CT molecular complexity index is 1410. The first kappa shape index (κ1) is 29.8. The second-order valence-corrected chi connectivity index (χ2v) is 10.6. The lowest BCUT2D eigenvalue weighted by Crippen LogP contribution is -2.41. The van der Waals surface area contributed by atoms with Crippen molar-refractivity contribution >= 4 is 34.8 Å². The van der Waals surface area contributed by atoms with Gasteiger partial charge in [-0.25, -0.2) is 14.8 Å². The van der Waals surface area contributed by atoms with Crippen LogP contribution in [-0.2, 0) is 19.0 Å². The SMILES string of the molecule is O=C(Nc1ccc(-c2ncc(OCCN3CCOCC3)c(N3CCOCC3)n2)cc1)Nc1ccc(N2CCOCC2=O)cc1. The first-order chi connectivity index (χ1) is 21.6. The lowest BCUT2D eigenvalue weighted by atomic mass is 10.2. The highest BCUT2D eigenvalue weighted by Gasteiger charge is 2.21. The number of rotatable bonds is 9. The van der Waals surface area contributed by atoms with Crippen LogP contribution in [-0.4, -0.2) is 112 Å². The predicted octanol–water partition coefficient (Wildman–Crippen LogP) is 2.70. The molecule has 6 rings (SSSR count). The molecule has 0 bridgehead atoms. The first-order valence-corrected chi connectivity index (χ1v) is 14.9. The Hall–Kier alpha value is -4.30. The van der Waals surface area contributed by atoms with E-state index in [0.717, 1.165) is 63.0 Å². The zero-order valence-electron chi connectivity index (χ0n) is 24.6. The van der Waals surface area contributed by atoms with E-state index in [1.807, 2.05) is 24.3 Å². The van der Waals surface area contributed by atoms with Gasteiger partial charge < -0.3 is 39.4 Å². The van der Waals surface area contributed by atoms with Crippen molar-refractivity contribution in [2.45, 2.75) is 0 Å². The van der Waals surface area contributed by atoms with E-state index < -0.39 is 0 Å². The van der Waals surface area contributed by atoms with E-state index >= 15 is 0 Å². The molecule has 3 saturated heterocycles. The maximum Gasteiger partial charge on any atom is 0.323 e. The van der Waals surface area contributed by atoms with Crippen LogP contribution in [0, 0.1) is 0 Å². The second kappa shape index (κ2) is 14.4. The summed E-state index contributed by atoms with van der Waals surface area (Å²) in [4.78, 5) is 40.4. The Morgan fingerprint density at radius 3 is 2.14 bits per heavy atom. The lowest BCUT2D eigenvalue weighted by molar-refractivity contribution is -0.125. The van der Waals surface area contributed by atoms with Gasteiger partial charge in [0.25, 0.3) is 5.91 Å². The van der Waals surface area contributed by atoms with E-state index in [1.165, 1.54) is 0 Å². The molecule has 3 amide bonds. The molecule has 2 aromatic carbocycles. The van der Waals surface area contributed by atoms with Gasteiger partial charge in [0.2, 0.25) is 0 Å². The average molecular weight is 604 g/mol. The number of nitrogens with one attached hydrogen (secondary N) is 2. The number of anilines is 4. The van der Waals surface area contributed by atoms with Crippen LogP contribution in [0.2, 0.25) is 0 Å². The van der Waals surface area contributed by atoms with Crippen molar-refractivity contribution in [2.24, 2.45) is 0 Å². The molecule has 1 aromatic heterocycles. The average Bonchev–Trinajstić information content (AvgIpc) is 3.07. The fourth-order valence-electron chi connectivity index (χ4n) is 5.23. The Morgan fingerprint density at radius 1 is 0.818 bits per heavy atom. The molecule has 0 spiro atoms. The van der Waals surface area contributed by atoms with Crippen LogP contribution in [0.15, 0.2) is 54.7 Å². The molecular weight excluding hydrogens is 566 g/mol. The van der Waals surface area contributed by atoms with Crippen molar-refractivity contribution in [1.82, 2.24) is 14.9 Å². The molecule has 13 heteroatoms. The molecule has 3 aromatic rings. The van der Waals surface area contributed by atoms with Gasteiger partial charge in [0.15, 0.2) is 17.4 Å². The summed E-state index contributed by atoms with van der Waals surface area (Å²) in [7, 11) is 0. The molecule has 3 aliphatic heterocycles. The van der Waals surface area contributed by atoms with Gasteiger partial charge in [-0.2, -0.15) is 0 Å². The molecule has 232 valence electrons. The second-order valence-electron chi connectivity index (χ2n) is 10.6. The molecule has 44 heavy (non-hydrogen) atoms. The topological polar surface area (TPSA) is 131 Å². The van der Waals surface area contributed by atoms with E-state index in [0.29, 0.717) is 55.9 Å². The van der Waals surface area contributed by atoms with Crippen molar-refractivity contribution in [3.05, 3.63) is 54.7 Å². The standard InChI is InChI=1S/C31H37N7O6/c39-28-22-43-19-14-38(28)26-7-5-25(6-8-26)34-31(40)33-24-3-1-23(2-4-24)29-32-21-27(30(35-29)37-12-17-42-18-13-37)44-20-11-36-9-15-41-16-10-36/h1-8,21H,9-20,22H2,(H2,33,34,40). The molecule has 0 saturated carbocycles. The number of carbonyl (C=O) groups is 2. The highest BCUT2D eigenvalue weighted by Crippen LogP contribution is 2.29. The van der Waals surface area contributed by atoms with Crippen LogP contribution in [0.5, 0.6) is 5.75 Å². The van der Waals surface area contributed by atoms with Gasteiger partial charge in [-0.05, 0) is 48.5 Å². The van der Waals surface area contributed by atoms with Crippen LogP contribution in [0.25, 0.3) is 11.4 Å². The third-order valence-corrected chi connectivity index (χ3v) is 7.64. The van der Waals surface area contributed by atoms with E-state index in [9.17, 15) is 9.59 Å². The molecule has 13 nitrogen and oxygen atoms in total. The Balaban J connectivity index is 1.07. The Morgan fingerprint density at radius 2 is 1.45 bits per heavy atom. The summed E-state index contributed by atoms with van der Waals surface area (Å²) in [6.45, 7) is 8.49. The van der Waals surface area contributed by atoms with Crippen molar-refractivity contribution in [3.8, 4) is 17.1 Å². The lowest BCUT2D eigenvalue weighted by Gasteiger charge is -2.30. The number of nitrogens with zero attached hydrogens (tertiary/aromatic N) is 5. The van der Waals surface area contributed by atoms with Crippen LogP contribution >= 0.6 is 0 Å². The number of carbonyl (C=O) groups excluding carboxylic acids is 2. The number of amides is 3. The largest absolute Gasteiger partial charge is 0.487 e. The zero-order valence-corrected chi connectivity index (χ0v) is 24.6. The van der Waals surface area contributed by atoms with Crippen LogP contribution < -0.4 is 25.2 Å². The molecule has 0 aliphatic carbocycles. The number of urea groups is 1. The number of aromatic nitrogens is 2. The molecule has 0 radical (unpaired) electrons. The quantitative estimate of drug-likeness (QED) is 0.377. The molecule has 3 aliphatic rings. The minimum Gasteiger partial charge on any atom is -0.487 e. The van der Waals surface area contributed by atoms with Gasteiger partial charge in [0.1, 0.15) is 13.2 Å². The summed E-state index contributed by atoms with van der Waals surface area (Å²) < 4.78 is 22.3. The fraction of sp³-hybridized carbons (Fsp3) is 0.419. The van der Waals surface area contributed by atoms with Gasteiger partial charge in [-0.3, -0.25) is 9.69 Å². The molecule has 0 atom stereocenters. The minimum absolute atomic E-state index is 0.0791. The van der Waals surface area contributed by atoms with Gasteiger partial charge in [-0.1, -0.05) is 0 Å². The summed E-state index contributed by atoms with van der Waals surface area (Å²) in [6, 6.07) is 14.1. The number of hydrogen-bond donors (Lipinski definition) is 2. The van der Waals surface area contributed by atoms with Crippen LogP contribution in [0.3, 0.4) is 0 Å². The van der Waals surface area contributed by atoms with Crippen molar-refractivity contribution in [2.75, 3.05) is 106 Å². The summed E-state index contributed by atoms with van der Waals surface area (Å²) in [6.07, 6.45) is 1.74. The third kappa shape index (κ3) is 7.61. The Kier molecular flexibility index (Phi) is 9.77. The van der Waals surface area contributed by atoms with Gasteiger partial charge in [0.05, 0.1) is 39.2 Å². The summed E-state index contributed by atoms with van der Waals surface area (Å²) >= 11 is 0. The highest BCUT2D eigenvalue weighted by molar-refractivity contribution is 6.00. The minimum atomic E-state index is -0.377. The monoisotopic (exact) mass is 603 g/mol. The summed E-state index contributed by atoms with van der Waals surface area (Å²) in [5.41, 5.74) is 2.82. The van der Waals surface area contributed by atoms with Gasteiger partial charge in [-0.15, -0.1) is 0 Å². The highest BCUT2D eigenvalue weighted by atomic mass is 16.5. The molecule has 4 heterocycles. The van der Waals surface area contributed by atoms with Gasteiger partial charge >= 0.3 is 6.03 Å². The molecule has 0 unspecified atom stereocenters. The van der Waals surface area contributed by atoms with Crippen molar-refractivity contribution in [1.29, 1.82) is 0 Å². The number of ether oxygens (including phenoxy) is 4. The fourth-order valence-corrected chi connectivity index (χ4v) is 5.23. The van der Waals surface area contributed by atoms with E-state index in [-0.39, 0.29) is 18.5 Å².